The number of hydrogen-bond donors (Lipinski definition) is 1. The predicted octanol–water partition coefficient (Wildman–Crippen LogP) is 4.66. The maximum absolute atomic E-state index is 5.71. The van der Waals surface area contributed by atoms with Gasteiger partial charge in [-0.25, -0.2) is 0 Å². The Kier molecular flexibility index (Phi) is 8.81. The van der Waals surface area contributed by atoms with E-state index in [0.717, 1.165) is 25.3 Å². The monoisotopic (exact) mass is 275 g/mol. The van der Waals surface area contributed by atoms with Gasteiger partial charge in [-0.2, -0.15) is 0 Å². The minimum atomic E-state index is 0.417. The Labute approximate surface area is 124 Å². The molecule has 1 unspecified atom stereocenters. The van der Waals surface area contributed by atoms with E-state index in [2.05, 4.69) is 62.5 Å². The van der Waals surface area contributed by atoms with Crippen molar-refractivity contribution in [3.63, 3.8) is 0 Å². The van der Waals surface area contributed by atoms with Crippen molar-refractivity contribution in [2.24, 2.45) is 0 Å². The van der Waals surface area contributed by atoms with Crippen LogP contribution in [0, 0.1) is 0 Å². The van der Waals surface area contributed by atoms with Crippen molar-refractivity contribution in [1.82, 2.24) is 5.32 Å². The molecule has 0 amide bonds. The second-order valence-electron chi connectivity index (χ2n) is 5.23. The van der Waals surface area contributed by atoms with Crippen molar-refractivity contribution in [2.45, 2.75) is 52.5 Å². The summed E-state index contributed by atoms with van der Waals surface area (Å²) in [6.07, 6.45) is 9.14. The third kappa shape index (κ3) is 7.34. The van der Waals surface area contributed by atoms with Crippen LogP contribution in [-0.4, -0.2) is 19.2 Å². The van der Waals surface area contributed by atoms with E-state index in [1.54, 1.807) is 0 Å². The number of ether oxygens (including phenoxy) is 1. The second kappa shape index (κ2) is 10.5. The van der Waals surface area contributed by atoms with E-state index in [1.807, 2.05) is 0 Å². The molecule has 1 aromatic carbocycles. The topological polar surface area (TPSA) is 21.3 Å². The van der Waals surface area contributed by atoms with Crippen molar-refractivity contribution >= 4 is 6.08 Å². The van der Waals surface area contributed by atoms with E-state index in [-0.39, 0.29) is 0 Å². The zero-order chi connectivity index (χ0) is 14.6. The van der Waals surface area contributed by atoms with E-state index in [9.17, 15) is 0 Å². The van der Waals surface area contributed by atoms with Crippen molar-refractivity contribution in [3.8, 4) is 5.75 Å². The van der Waals surface area contributed by atoms with E-state index in [1.165, 1.54) is 24.8 Å². The van der Waals surface area contributed by atoms with Gasteiger partial charge in [0.1, 0.15) is 5.75 Å². The Morgan fingerprint density at radius 1 is 1.10 bits per heavy atom. The van der Waals surface area contributed by atoms with Crippen LogP contribution in [0.25, 0.3) is 6.08 Å². The average molecular weight is 275 g/mol. The Morgan fingerprint density at radius 3 is 2.50 bits per heavy atom. The molecule has 2 nitrogen and oxygen atoms in total. The molecule has 0 spiro atoms. The SMILES string of the molecule is CCCCCOc1ccc(/C=C/C(C)NCCC)cc1. The molecule has 2 heteroatoms. The molecule has 0 aliphatic rings. The van der Waals surface area contributed by atoms with Crippen LogP contribution in [-0.2, 0) is 0 Å². The normalized spacial score (nSPS) is 12.8. The smallest absolute Gasteiger partial charge is 0.119 e. The Morgan fingerprint density at radius 2 is 1.85 bits per heavy atom. The van der Waals surface area contributed by atoms with Crippen molar-refractivity contribution in [3.05, 3.63) is 35.9 Å². The molecule has 0 radical (unpaired) electrons. The fourth-order valence-electron chi connectivity index (χ4n) is 1.91. The van der Waals surface area contributed by atoms with Crippen LogP contribution in [0.4, 0.5) is 0 Å². The Balaban J connectivity index is 2.36. The lowest BCUT2D eigenvalue weighted by Crippen LogP contribution is -2.24. The van der Waals surface area contributed by atoms with Gasteiger partial charge in [-0.1, -0.05) is 51.0 Å². The molecule has 112 valence electrons. The van der Waals surface area contributed by atoms with Crippen LogP contribution in [0.1, 0.15) is 52.0 Å². The van der Waals surface area contributed by atoms with Crippen molar-refractivity contribution in [1.29, 1.82) is 0 Å². The minimum Gasteiger partial charge on any atom is -0.494 e. The maximum atomic E-state index is 5.71. The first-order valence-corrected chi connectivity index (χ1v) is 7.90. The standard InChI is InChI=1S/C18H29NO/c1-4-6-7-15-20-18-12-10-17(11-13-18)9-8-16(3)19-14-5-2/h8-13,16,19H,4-7,14-15H2,1-3H3/b9-8+. The summed E-state index contributed by atoms with van der Waals surface area (Å²) in [5.74, 6) is 0.968. The summed E-state index contributed by atoms with van der Waals surface area (Å²) in [4.78, 5) is 0. The molecule has 0 saturated heterocycles. The molecule has 0 heterocycles. The van der Waals surface area contributed by atoms with E-state index in [4.69, 9.17) is 4.74 Å². The van der Waals surface area contributed by atoms with Crippen LogP contribution in [0.15, 0.2) is 30.3 Å². The van der Waals surface area contributed by atoms with Gasteiger partial charge in [-0.15, -0.1) is 0 Å². The van der Waals surface area contributed by atoms with Crippen molar-refractivity contribution < 1.29 is 4.74 Å². The third-order valence-corrected chi connectivity index (χ3v) is 3.19. The van der Waals surface area contributed by atoms with Gasteiger partial charge in [-0.05, 0) is 44.0 Å². The van der Waals surface area contributed by atoms with Crippen LogP contribution >= 0.6 is 0 Å². The lowest BCUT2D eigenvalue weighted by Gasteiger charge is -2.08. The van der Waals surface area contributed by atoms with Gasteiger partial charge in [0.05, 0.1) is 6.61 Å². The highest BCUT2D eigenvalue weighted by Gasteiger charge is 1.96. The minimum absolute atomic E-state index is 0.417. The molecule has 0 saturated carbocycles. The molecular formula is C18H29NO. The van der Waals surface area contributed by atoms with Gasteiger partial charge in [0.15, 0.2) is 0 Å². The number of unbranched alkanes of at least 4 members (excludes halogenated alkanes) is 2. The van der Waals surface area contributed by atoms with E-state index in [0.29, 0.717) is 6.04 Å². The summed E-state index contributed by atoms with van der Waals surface area (Å²) < 4.78 is 5.71. The first kappa shape index (κ1) is 16.8. The summed E-state index contributed by atoms with van der Waals surface area (Å²) in [6, 6.07) is 8.74. The summed E-state index contributed by atoms with van der Waals surface area (Å²) in [7, 11) is 0. The third-order valence-electron chi connectivity index (χ3n) is 3.19. The Bertz CT molecular complexity index is 370. The van der Waals surface area contributed by atoms with Gasteiger partial charge in [-0.3, -0.25) is 0 Å². The highest BCUT2D eigenvalue weighted by molar-refractivity contribution is 5.51. The molecule has 0 aliphatic heterocycles. The predicted molar refractivity (Wildman–Crippen MR) is 88.3 cm³/mol. The molecular weight excluding hydrogens is 246 g/mol. The second-order valence-corrected chi connectivity index (χ2v) is 5.23. The summed E-state index contributed by atoms with van der Waals surface area (Å²) in [6.45, 7) is 8.45. The fraction of sp³-hybridized carbons (Fsp3) is 0.556. The quantitative estimate of drug-likeness (QED) is 0.627. The number of benzene rings is 1. The van der Waals surface area contributed by atoms with Crippen LogP contribution in [0.2, 0.25) is 0 Å². The molecule has 1 atom stereocenters. The molecule has 1 rings (SSSR count). The molecule has 0 aromatic heterocycles. The van der Waals surface area contributed by atoms with Crippen LogP contribution < -0.4 is 10.1 Å². The van der Waals surface area contributed by atoms with E-state index < -0.39 is 0 Å². The molecule has 0 fully saturated rings. The van der Waals surface area contributed by atoms with Gasteiger partial charge in [0, 0.05) is 6.04 Å². The van der Waals surface area contributed by atoms with Gasteiger partial charge >= 0.3 is 0 Å². The highest BCUT2D eigenvalue weighted by atomic mass is 16.5. The number of hydrogen-bond acceptors (Lipinski definition) is 2. The first-order valence-electron chi connectivity index (χ1n) is 7.90. The fourth-order valence-corrected chi connectivity index (χ4v) is 1.91. The van der Waals surface area contributed by atoms with Gasteiger partial charge in [0.25, 0.3) is 0 Å². The van der Waals surface area contributed by atoms with E-state index >= 15 is 0 Å². The molecule has 20 heavy (non-hydrogen) atoms. The molecule has 1 N–H and O–H groups in total. The number of nitrogens with one attached hydrogen (secondary N) is 1. The zero-order valence-electron chi connectivity index (χ0n) is 13.2. The van der Waals surface area contributed by atoms with Gasteiger partial charge in [0.2, 0.25) is 0 Å². The van der Waals surface area contributed by atoms with Crippen LogP contribution in [0.3, 0.4) is 0 Å². The summed E-state index contributed by atoms with van der Waals surface area (Å²) >= 11 is 0. The first-order chi connectivity index (χ1) is 9.76. The summed E-state index contributed by atoms with van der Waals surface area (Å²) in [5, 5.41) is 3.44. The average Bonchev–Trinajstić information content (AvgIpc) is 2.48. The lowest BCUT2D eigenvalue weighted by molar-refractivity contribution is 0.306. The largest absolute Gasteiger partial charge is 0.494 e. The molecule has 0 aliphatic carbocycles. The summed E-state index contributed by atoms with van der Waals surface area (Å²) in [5.41, 5.74) is 1.22. The zero-order valence-corrected chi connectivity index (χ0v) is 13.2. The molecule has 0 bridgehead atoms. The Hall–Kier alpha value is -1.28. The lowest BCUT2D eigenvalue weighted by atomic mass is 10.1. The maximum Gasteiger partial charge on any atom is 0.119 e. The highest BCUT2D eigenvalue weighted by Crippen LogP contribution is 2.14. The molecule has 1 aromatic rings. The number of rotatable bonds is 10. The van der Waals surface area contributed by atoms with Gasteiger partial charge < -0.3 is 10.1 Å². The van der Waals surface area contributed by atoms with Crippen LogP contribution in [0.5, 0.6) is 5.75 Å². The van der Waals surface area contributed by atoms with Crippen molar-refractivity contribution in [2.75, 3.05) is 13.2 Å².